The van der Waals surface area contributed by atoms with Crippen LogP contribution in [0, 0.1) is 17.0 Å². The first kappa shape index (κ1) is 16.4. The minimum Gasteiger partial charge on any atom is -0.328 e. The number of benzene rings is 1. The highest BCUT2D eigenvalue weighted by Crippen LogP contribution is 2.30. The van der Waals surface area contributed by atoms with Crippen LogP contribution in [0.2, 0.25) is 5.02 Å². The van der Waals surface area contributed by atoms with Gasteiger partial charge in [0.1, 0.15) is 5.02 Å². The molecule has 110 valence electrons. The first-order chi connectivity index (χ1) is 9.31. The van der Waals surface area contributed by atoms with Crippen molar-refractivity contribution in [2.45, 2.75) is 39.2 Å². The van der Waals surface area contributed by atoms with E-state index in [1.807, 2.05) is 6.92 Å². The summed E-state index contributed by atoms with van der Waals surface area (Å²) in [5.74, 6) is -0.154. The fraction of sp³-hybridized carbons (Fsp3) is 0.462. The smallest absolute Gasteiger partial charge is 0.288 e. The number of aryl methyl sites for hydroxylation is 1. The number of nitrogens with one attached hydrogen (secondary N) is 1. The van der Waals surface area contributed by atoms with Crippen molar-refractivity contribution in [2.24, 2.45) is 5.73 Å². The summed E-state index contributed by atoms with van der Waals surface area (Å²) in [5.41, 5.74) is 6.53. The Morgan fingerprint density at radius 3 is 2.75 bits per heavy atom. The van der Waals surface area contributed by atoms with E-state index in [2.05, 4.69) is 5.32 Å². The van der Waals surface area contributed by atoms with Crippen molar-refractivity contribution in [1.29, 1.82) is 0 Å². The van der Waals surface area contributed by atoms with Gasteiger partial charge in [0.2, 0.25) is 5.91 Å². The number of carbonyl (C=O) groups excluding carboxylic acids is 1. The van der Waals surface area contributed by atoms with Crippen LogP contribution in [0.4, 0.5) is 11.4 Å². The SMILES string of the molecule is Cc1cc([N+](=O)[O-])c(Cl)cc1NC(=O)CCCC(C)N. The molecule has 6 nitrogen and oxygen atoms in total. The molecule has 7 heteroatoms. The topological polar surface area (TPSA) is 98.3 Å². The molecule has 0 bridgehead atoms. The second-order valence-corrected chi connectivity index (χ2v) is 5.20. The summed E-state index contributed by atoms with van der Waals surface area (Å²) in [6.45, 7) is 3.57. The van der Waals surface area contributed by atoms with E-state index in [0.29, 0.717) is 24.1 Å². The van der Waals surface area contributed by atoms with E-state index in [1.54, 1.807) is 6.92 Å². The Balaban J connectivity index is 2.71. The second-order valence-electron chi connectivity index (χ2n) is 4.79. The molecule has 0 saturated carbocycles. The summed E-state index contributed by atoms with van der Waals surface area (Å²) >= 11 is 5.82. The van der Waals surface area contributed by atoms with Crippen molar-refractivity contribution in [3.8, 4) is 0 Å². The molecule has 1 rings (SSSR count). The zero-order chi connectivity index (χ0) is 15.3. The van der Waals surface area contributed by atoms with Crippen molar-refractivity contribution in [3.05, 3.63) is 32.8 Å². The number of nitro groups is 1. The van der Waals surface area contributed by atoms with Crippen LogP contribution in [0.1, 0.15) is 31.7 Å². The molecule has 0 spiro atoms. The van der Waals surface area contributed by atoms with E-state index >= 15 is 0 Å². The Bertz CT molecular complexity index is 518. The molecule has 0 radical (unpaired) electrons. The standard InChI is InChI=1S/C13H18ClN3O3/c1-8-6-12(17(19)20)10(14)7-11(8)16-13(18)5-3-4-9(2)15/h6-7,9H,3-5,15H2,1-2H3,(H,16,18). The van der Waals surface area contributed by atoms with Crippen LogP contribution in [0.15, 0.2) is 12.1 Å². The van der Waals surface area contributed by atoms with E-state index in [0.717, 1.165) is 6.42 Å². The quantitative estimate of drug-likeness (QED) is 0.623. The number of nitrogens with two attached hydrogens (primary N) is 1. The Hall–Kier alpha value is -1.66. The Labute approximate surface area is 122 Å². The third kappa shape index (κ3) is 4.79. The summed E-state index contributed by atoms with van der Waals surface area (Å²) < 4.78 is 0. The number of halogens is 1. The summed E-state index contributed by atoms with van der Waals surface area (Å²) in [5, 5.41) is 13.4. The van der Waals surface area contributed by atoms with Gasteiger partial charge in [0.15, 0.2) is 0 Å². The van der Waals surface area contributed by atoms with Gasteiger partial charge in [-0.1, -0.05) is 11.6 Å². The zero-order valence-electron chi connectivity index (χ0n) is 11.5. The van der Waals surface area contributed by atoms with Crippen LogP contribution in [-0.4, -0.2) is 16.9 Å². The molecule has 0 fully saturated rings. The Morgan fingerprint density at radius 2 is 2.20 bits per heavy atom. The minimum absolute atomic E-state index is 0.00600. The molecule has 0 aromatic heterocycles. The summed E-state index contributed by atoms with van der Waals surface area (Å²) in [7, 11) is 0. The first-order valence-electron chi connectivity index (χ1n) is 6.31. The van der Waals surface area contributed by atoms with E-state index in [9.17, 15) is 14.9 Å². The number of hydrogen-bond acceptors (Lipinski definition) is 4. The number of nitro benzene ring substituents is 1. The molecular weight excluding hydrogens is 282 g/mol. The Morgan fingerprint density at radius 1 is 1.55 bits per heavy atom. The lowest BCUT2D eigenvalue weighted by molar-refractivity contribution is -0.384. The summed E-state index contributed by atoms with van der Waals surface area (Å²) in [4.78, 5) is 21.9. The van der Waals surface area contributed by atoms with Gasteiger partial charge in [-0.05, 0) is 38.3 Å². The third-order valence-corrected chi connectivity index (χ3v) is 3.13. The maximum atomic E-state index is 11.7. The van der Waals surface area contributed by atoms with E-state index in [-0.39, 0.29) is 22.7 Å². The van der Waals surface area contributed by atoms with Gasteiger partial charge in [0, 0.05) is 24.2 Å². The Kier molecular flexibility index (Phi) is 5.91. The maximum absolute atomic E-state index is 11.7. The van der Waals surface area contributed by atoms with Crippen LogP contribution in [-0.2, 0) is 4.79 Å². The monoisotopic (exact) mass is 299 g/mol. The van der Waals surface area contributed by atoms with Crippen molar-refractivity contribution < 1.29 is 9.72 Å². The molecule has 0 saturated heterocycles. The van der Waals surface area contributed by atoms with Gasteiger partial charge in [-0.25, -0.2) is 0 Å². The summed E-state index contributed by atoms with van der Waals surface area (Å²) in [6, 6.07) is 2.82. The predicted molar refractivity (Wildman–Crippen MR) is 79.0 cm³/mol. The maximum Gasteiger partial charge on any atom is 0.288 e. The molecule has 0 aliphatic rings. The van der Waals surface area contributed by atoms with E-state index in [4.69, 9.17) is 17.3 Å². The van der Waals surface area contributed by atoms with Crippen LogP contribution >= 0.6 is 11.6 Å². The predicted octanol–water partition coefficient (Wildman–Crippen LogP) is 3.01. The van der Waals surface area contributed by atoms with Crippen LogP contribution in [0.5, 0.6) is 0 Å². The second kappa shape index (κ2) is 7.21. The lowest BCUT2D eigenvalue weighted by Gasteiger charge is -2.10. The number of anilines is 1. The molecule has 0 aliphatic carbocycles. The number of hydrogen-bond donors (Lipinski definition) is 2. The molecule has 1 atom stereocenters. The fourth-order valence-electron chi connectivity index (χ4n) is 1.74. The van der Waals surface area contributed by atoms with E-state index < -0.39 is 4.92 Å². The molecular formula is C13H18ClN3O3. The van der Waals surface area contributed by atoms with Gasteiger partial charge in [-0.2, -0.15) is 0 Å². The molecule has 1 amide bonds. The van der Waals surface area contributed by atoms with Gasteiger partial charge < -0.3 is 11.1 Å². The average Bonchev–Trinajstić information content (AvgIpc) is 2.32. The normalized spacial score (nSPS) is 12.0. The number of rotatable bonds is 6. The highest BCUT2D eigenvalue weighted by molar-refractivity contribution is 6.33. The van der Waals surface area contributed by atoms with Crippen LogP contribution in [0.3, 0.4) is 0 Å². The molecule has 3 N–H and O–H groups in total. The molecule has 20 heavy (non-hydrogen) atoms. The third-order valence-electron chi connectivity index (χ3n) is 2.83. The van der Waals surface area contributed by atoms with Gasteiger partial charge in [0.05, 0.1) is 4.92 Å². The van der Waals surface area contributed by atoms with Gasteiger partial charge in [0.25, 0.3) is 5.69 Å². The van der Waals surface area contributed by atoms with Gasteiger partial charge in [-0.3, -0.25) is 14.9 Å². The molecule has 0 aliphatic heterocycles. The minimum atomic E-state index is -0.552. The van der Waals surface area contributed by atoms with Crippen molar-refractivity contribution in [1.82, 2.24) is 0 Å². The molecule has 1 aromatic rings. The van der Waals surface area contributed by atoms with Gasteiger partial charge in [-0.15, -0.1) is 0 Å². The summed E-state index contributed by atoms with van der Waals surface area (Å²) in [6.07, 6.45) is 1.83. The van der Waals surface area contributed by atoms with E-state index in [1.165, 1.54) is 12.1 Å². The highest BCUT2D eigenvalue weighted by atomic mass is 35.5. The fourth-order valence-corrected chi connectivity index (χ4v) is 1.97. The number of nitrogens with zero attached hydrogens (tertiary/aromatic N) is 1. The van der Waals surface area contributed by atoms with Crippen molar-refractivity contribution in [2.75, 3.05) is 5.32 Å². The van der Waals surface area contributed by atoms with Crippen molar-refractivity contribution in [3.63, 3.8) is 0 Å². The molecule has 1 aromatic carbocycles. The highest BCUT2D eigenvalue weighted by Gasteiger charge is 2.16. The average molecular weight is 300 g/mol. The lowest BCUT2D eigenvalue weighted by Crippen LogP contribution is -2.17. The zero-order valence-corrected chi connectivity index (χ0v) is 12.2. The number of carbonyl (C=O) groups is 1. The van der Waals surface area contributed by atoms with Crippen LogP contribution < -0.4 is 11.1 Å². The lowest BCUT2D eigenvalue weighted by atomic mass is 10.1. The van der Waals surface area contributed by atoms with Gasteiger partial charge >= 0.3 is 0 Å². The molecule has 0 heterocycles. The first-order valence-corrected chi connectivity index (χ1v) is 6.69. The van der Waals surface area contributed by atoms with Crippen LogP contribution in [0.25, 0.3) is 0 Å². The molecule has 1 unspecified atom stereocenters. The number of amides is 1. The van der Waals surface area contributed by atoms with Crippen molar-refractivity contribution >= 4 is 28.9 Å². The largest absolute Gasteiger partial charge is 0.328 e.